The number of imide groups is 1. The second-order valence-corrected chi connectivity index (χ2v) is 9.65. The summed E-state index contributed by atoms with van der Waals surface area (Å²) in [5.74, 6) is 0.133. The molecule has 9 heteroatoms. The Balaban J connectivity index is 1.52. The van der Waals surface area contributed by atoms with Crippen molar-refractivity contribution in [2.75, 3.05) is 7.11 Å². The summed E-state index contributed by atoms with van der Waals surface area (Å²) in [6, 6.07) is 16.9. The molecule has 0 unspecified atom stereocenters. The largest absolute Gasteiger partial charge is 0.493 e. The van der Waals surface area contributed by atoms with Crippen molar-refractivity contribution in [3.63, 3.8) is 0 Å². The fraction of sp³-hybridized carbons (Fsp3) is 0.120. The molecule has 0 radical (unpaired) electrons. The zero-order valence-electron chi connectivity index (χ0n) is 17.9. The van der Waals surface area contributed by atoms with Crippen molar-refractivity contribution in [3.05, 3.63) is 97.6 Å². The summed E-state index contributed by atoms with van der Waals surface area (Å²) in [5, 5.41) is -0.261. The number of amides is 2. The summed E-state index contributed by atoms with van der Waals surface area (Å²) in [5.41, 5.74) is 2.15. The summed E-state index contributed by atoms with van der Waals surface area (Å²) in [4.78, 5) is 26.7. The van der Waals surface area contributed by atoms with Crippen LogP contribution in [0.15, 0.2) is 70.0 Å². The number of hydrogen-bond donors (Lipinski definition) is 0. The number of thioether (sulfide) groups is 1. The highest BCUT2D eigenvalue weighted by atomic mass is 79.9. The lowest BCUT2D eigenvalue weighted by Crippen LogP contribution is -2.27. The minimum absolute atomic E-state index is 0.0364. The molecule has 174 valence electrons. The molecule has 3 aromatic rings. The molecule has 1 heterocycles. The first-order valence-corrected chi connectivity index (χ1v) is 12.1. The van der Waals surface area contributed by atoms with E-state index >= 15 is 0 Å². The van der Waals surface area contributed by atoms with Gasteiger partial charge in [-0.15, -0.1) is 0 Å². The molecule has 1 aliphatic heterocycles. The maximum Gasteiger partial charge on any atom is 0.293 e. The van der Waals surface area contributed by atoms with E-state index in [4.69, 9.17) is 21.1 Å². The fourth-order valence-electron chi connectivity index (χ4n) is 3.25. The predicted octanol–water partition coefficient (Wildman–Crippen LogP) is 7.07. The molecule has 1 fully saturated rings. The molecule has 34 heavy (non-hydrogen) atoms. The minimum Gasteiger partial charge on any atom is -0.493 e. The molecule has 0 aliphatic carbocycles. The molecule has 0 spiro atoms. The summed E-state index contributed by atoms with van der Waals surface area (Å²) >= 11 is 10.3. The SMILES string of the molecule is COc1ccc(/C=C2\SC(=O)N(Cc3ccc(F)cc3Cl)C2=O)cc1OCc1ccc(Br)cc1. The van der Waals surface area contributed by atoms with Gasteiger partial charge in [0.2, 0.25) is 0 Å². The molecule has 3 aromatic carbocycles. The maximum absolute atomic E-state index is 13.3. The van der Waals surface area contributed by atoms with Crippen LogP contribution in [-0.2, 0) is 17.9 Å². The van der Waals surface area contributed by atoms with E-state index in [1.165, 1.54) is 12.1 Å². The number of ether oxygens (including phenoxy) is 2. The van der Waals surface area contributed by atoms with Crippen LogP contribution in [-0.4, -0.2) is 23.2 Å². The van der Waals surface area contributed by atoms with Gasteiger partial charge in [0.1, 0.15) is 12.4 Å². The molecule has 1 saturated heterocycles. The van der Waals surface area contributed by atoms with Gasteiger partial charge < -0.3 is 9.47 Å². The van der Waals surface area contributed by atoms with Crippen LogP contribution in [0, 0.1) is 5.82 Å². The quantitative estimate of drug-likeness (QED) is 0.288. The highest BCUT2D eigenvalue weighted by molar-refractivity contribution is 9.10. The zero-order valence-corrected chi connectivity index (χ0v) is 21.0. The number of hydrogen-bond acceptors (Lipinski definition) is 5. The molecule has 5 nitrogen and oxygen atoms in total. The van der Waals surface area contributed by atoms with Crippen LogP contribution in [0.2, 0.25) is 5.02 Å². The number of rotatable bonds is 7. The van der Waals surface area contributed by atoms with Gasteiger partial charge in [-0.1, -0.05) is 51.8 Å². The number of carbonyl (C=O) groups excluding carboxylic acids is 2. The van der Waals surface area contributed by atoms with Gasteiger partial charge in [0.15, 0.2) is 11.5 Å². The van der Waals surface area contributed by atoms with Gasteiger partial charge in [0, 0.05) is 9.50 Å². The van der Waals surface area contributed by atoms with Gasteiger partial charge in [0.05, 0.1) is 18.6 Å². The summed E-state index contributed by atoms with van der Waals surface area (Å²) in [7, 11) is 1.55. The molecular formula is C25H18BrClFNO4S. The van der Waals surface area contributed by atoms with Crippen LogP contribution in [0.25, 0.3) is 6.08 Å². The van der Waals surface area contributed by atoms with Crippen LogP contribution in [0.1, 0.15) is 16.7 Å². The van der Waals surface area contributed by atoms with E-state index in [0.29, 0.717) is 29.2 Å². The summed E-state index contributed by atoms with van der Waals surface area (Å²) < 4.78 is 25.6. The van der Waals surface area contributed by atoms with Gasteiger partial charge in [-0.05, 0) is 70.9 Å². The van der Waals surface area contributed by atoms with Crippen molar-refractivity contribution in [1.82, 2.24) is 4.90 Å². The second-order valence-electron chi connectivity index (χ2n) is 7.33. The van der Waals surface area contributed by atoms with Gasteiger partial charge >= 0.3 is 0 Å². The van der Waals surface area contributed by atoms with Crippen molar-refractivity contribution in [2.45, 2.75) is 13.2 Å². The van der Waals surface area contributed by atoms with E-state index < -0.39 is 17.0 Å². The first kappa shape index (κ1) is 24.3. The molecule has 4 rings (SSSR count). The molecule has 1 aliphatic rings. The van der Waals surface area contributed by atoms with Crippen molar-refractivity contribution >= 4 is 56.5 Å². The van der Waals surface area contributed by atoms with Gasteiger partial charge in [0.25, 0.3) is 11.1 Å². The third-order valence-corrected chi connectivity index (χ3v) is 6.80. The van der Waals surface area contributed by atoms with E-state index in [1.807, 2.05) is 24.3 Å². The normalized spacial score (nSPS) is 14.7. The Kier molecular flexibility index (Phi) is 7.60. The van der Waals surface area contributed by atoms with Gasteiger partial charge in [-0.2, -0.15) is 0 Å². The lowest BCUT2D eigenvalue weighted by molar-refractivity contribution is -0.123. The Morgan fingerprint density at radius 1 is 1.06 bits per heavy atom. The van der Waals surface area contributed by atoms with Crippen LogP contribution >= 0.6 is 39.3 Å². The van der Waals surface area contributed by atoms with E-state index in [2.05, 4.69) is 15.9 Å². The molecule has 0 aromatic heterocycles. The van der Waals surface area contributed by atoms with Crippen molar-refractivity contribution in [3.8, 4) is 11.5 Å². The predicted molar refractivity (Wildman–Crippen MR) is 134 cm³/mol. The third kappa shape index (κ3) is 5.63. The van der Waals surface area contributed by atoms with Crippen molar-refractivity contribution in [1.29, 1.82) is 0 Å². The first-order chi connectivity index (χ1) is 16.3. The van der Waals surface area contributed by atoms with Crippen molar-refractivity contribution < 1.29 is 23.5 Å². The number of benzene rings is 3. The minimum atomic E-state index is -0.486. The van der Waals surface area contributed by atoms with E-state index in [9.17, 15) is 14.0 Å². The van der Waals surface area contributed by atoms with Crippen LogP contribution < -0.4 is 9.47 Å². The van der Waals surface area contributed by atoms with Gasteiger partial charge in [-0.25, -0.2) is 4.39 Å². The molecule has 0 atom stereocenters. The number of carbonyl (C=O) groups is 2. The van der Waals surface area contributed by atoms with E-state index in [0.717, 1.165) is 32.8 Å². The monoisotopic (exact) mass is 561 g/mol. The van der Waals surface area contributed by atoms with Crippen LogP contribution in [0.4, 0.5) is 9.18 Å². The standard InChI is InChI=1S/C25H18BrClFNO4S/c1-32-21-9-4-16(10-22(21)33-14-15-2-6-18(26)7-3-15)11-23-24(30)29(25(31)34-23)13-17-5-8-19(28)12-20(17)27/h2-12H,13-14H2,1H3/b23-11-. The Morgan fingerprint density at radius 2 is 1.82 bits per heavy atom. The van der Waals surface area contributed by atoms with Crippen LogP contribution in [0.3, 0.4) is 0 Å². The van der Waals surface area contributed by atoms with Gasteiger partial charge in [-0.3, -0.25) is 14.5 Å². The summed E-state index contributed by atoms with van der Waals surface area (Å²) in [6.07, 6.45) is 1.63. The smallest absolute Gasteiger partial charge is 0.293 e. The molecule has 0 saturated carbocycles. The second kappa shape index (κ2) is 10.6. The van der Waals surface area contributed by atoms with E-state index in [1.54, 1.807) is 31.4 Å². The first-order valence-electron chi connectivity index (χ1n) is 10.1. The lowest BCUT2D eigenvalue weighted by atomic mass is 10.1. The van der Waals surface area contributed by atoms with E-state index in [-0.39, 0.29) is 16.5 Å². The molecule has 2 amide bonds. The lowest BCUT2D eigenvalue weighted by Gasteiger charge is -2.13. The summed E-state index contributed by atoms with van der Waals surface area (Å²) in [6.45, 7) is 0.299. The Hall–Kier alpha value is -2.81. The molecular weight excluding hydrogens is 545 g/mol. The fourth-order valence-corrected chi connectivity index (χ4v) is 4.58. The Labute approximate surface area is 213 Å². The number of methoxy groups -OCH3 is 1. The third-order valence-electron chi connectivity index (χ3n) is 5.01. The van der Waals surface area contributed by atoms with Crippen molar-refractivity contribution in [2.24, 2.45) is 0 Å². The van der Waals surface area contributed by atoms with Crippen LogP contribution in [0.5, 0.6) is 11.5 Å². The zero-order chi connectivity index (χ0) is 24.2. The number of halogens is 3. The number of nitrogens with zero attached hydrogens (tertiary/aromatic N) is 1. The Morgan fingerprint density at radius 3 is 2.53 bits per heavy atom. The highest BCUT2D eigenvalue weighted by Gasteiger charge is 2.35. The molecule has 0 bridgehead atoms. The topological polar surface area (TPSA) is 55.8 Å². The Bertz CT molecular complexity index is 1280. The average Bonchev–Trinajstić information content (AvgIpc) is 3.07. The highest BCUT2D eigenvalue weighted by Crippen LogP contribution is 2.36. The maximum atomic E-state index is 13.3. The average molecular weight is 563 g/mol. The molecule has 0 N–H and O–H groups in total.